The van der Waals surface area contributed by atoms with Crippen LogP contribution in [0, 0.1) is 11.5 Å². The van der Waals surface area contributed by atoms with Crippen LogP contribution >= 0.6 is 0 Å². The van der Waals surface area contributed by atoms with Crippen molar-refractivity contribution in [3.05, 3.63) is 28.2 Å². The van der Waals surface area contributed by atoms with Crippen LogP contribution in [0.15, 0.2) is 22.2 Å². The van der Waals surface area contributed by atoms with Gasteiger partial charge < -0.3 is 4.74 Å². The van der Waals surface area contributed by atoms with Crippen molar-refractivity contribution >= 4 is 28.9 Å². The van der Waals surface area contributed by atoms with Crippen molar-refractivity contribution in [2.24, 2.45) is 0 Å². The van der Waals surface area contributed by atoms with Gasteiger partial charge in [-0.1, -0.05) is 47.5 Å². The van der Waals surface area contributed by atoms with Gasteiger partial charge in [0.2, 0.25) is 15.0 Å². The predicted molar refractivity (Wildman–Crippen MR) is 129 cm³/mol. The molecule has 0 saturated carbocycles. The van der Waals surface area contributed by atoms with Gasteiger partial charge in [0.15, 0.2) is 0 Å². The van der Waals surface area contributed by atoms with Crippen molar-refractivity contribution in [2.45, 2.75) is 75.8 Å². The average Bonchev–Trinajstić information content (AvgIpc) is 3.20. The van der Waals surface area contributed by atoms with Gasteiger partial charge in [0, 0.05) is 30.7 Å². The highest BCUT2D eigenvalue weighted by molar-refractivity contribution is 7.90. The summed E-state index contributed by atoms with van der Waals surface area (Å²) in [5.74, 6) is 3.33. The largest absolute Gasteiger partial charge is 0.379 e. The summed E-state index contributed by atoms with van der Waals surface area (Å²) in [5, 5.41) is 0.299. The van der Waals surface area contributed by atoms with Crippen LogP contribution in [0.1, 0.15) is 59.6 Å². The highest BCUT2D eigenvalue weighted by Gasteiger charge is 2.41. The van der Waals surface area contributed by atoms with Gasteiger partial charge in [-0.15, -0.1) is 5.54 Å². The summed E-state index contributed by atoms with van der Waals surface area (Å²) in [7, 11) is -5.65. The van der Waals surface area contributed by atoms with E-state index in [0.29, 0.717) is 52.9 Å². The fourth-order valence-corrected chi connectivity index (χ4v) is 10.8. The summed E-state index contributed by atoms with van der Waals surface area (Å²) in [6, 6.07) is 1.35. The molecule has 0 radical (unpaired) electrons. The maximum Gasteiger partial charge on any atom is 0.253 e. The second-order valence-corrected chi connectivity index (χ2v) is 17.1. The van der Waals surface area contributed by atoms with E-state index in [4.69, 9.17) is 4.74 Å². The molecule has 9 heteroatoms. The van der Waals surface area contributed by atoms with Gasteiger partial charge in [-0.3, -0.25) is 9.36 Å². The molecule has 7 nitrogen and oxygen atoms in total. The van der Waals surface area contributed by atoms with Gasteiger partial charge in [0.05, 0.1) is 18.0 Å². The van der Waals surface area contributed by atoms with Crippen LogP contribution in [0.4, 0.5) is 0 Å². The number of ether oxygens (including phenoxy) is 1. The third kappa shape index (κ3) is 4.41. The summed E-state index contributed by atoms with van der Waals surface area (Å²) in [6.07, 6.45) is 3.22. The van der Waals surface area contributed by atoms with Crippen LogP contribution in [0.25, 0.3) is 11.0 Å². The number of nitrogens with zero attached hydrogens (tertiary/aromatic N) is 3. The lowest BCUT2D eigenvalue weighted by Crippen LogP contribution is -2.43. The molecule has 0 amide bonds. The third-order valence-electron chi connectivity index (χ3n) is 6.65. The monoisotopic (exact) mass is 475 g/mol. The Balaban J connectivity index is 2.32. The molecule has 0 bridgehead atoms. The molecule has 32 heavy (non-hydrogen) atoms. The molecule has 2 aromatic rings. The molecule has 174 valence electrons. The normalized spacial score (nSPS) is 17.4. The van der Waals surface area contributed by atoms with E-state index in [1.165, 1.54) is 12.3 Å². The lowest BCUT2D eigenvalue weighted by Gasteiger charge is -2.38. The molecule has 0 spiro atoms. The minimum absolute atomic E-state index is 0.190. The topological polar surface area (TPSA) is 91.2 Å². The average molecular weight is 476 g/mol. The molecule has 0 aromatic carbocycles. The van der Waals surface area contributed by atoms with Crippen molar-refractivity contribution < 1.29 is 13.2 Å². The van der Waals surface area contributed by atoms with Crippen molar-refractivity contribution in [3.8, 4) is 11.5 Å². The van der Waals surface area contributed by atoms with Crippen molar-refractivity contribution in [1.82, 2.24) is 14.5 Å². The van der Waals surface area contributed by atoms with Crippen LogP contribution in [-0.4, -0.2) is 50.5 Å². The van der Waals surface area contributed by atoms with Gasteiger partial charge in [0.25, 0.3) is 5.56 Å². The van der Waals surface area contributed by atoms with Crippen molar-refractivity contribution in [3.63, 3.8) is 0 Å². The van der Waals surface area contributed by atoms with Crippen LogP contribution in [-0.2, 0) is 14.6 Å². The molecule has 1 unspecified atom stereocenters. The fourth-order valence-electron chi connectivity index (χ4n) is 5.08. The van der Waals surface area contributed by atoms with E-state index in [1.807, 2.05) is 0 Å². The SMILES string of the molecule is CC(C)[Si](C#Cc1cc(=O)n(C2CCOC2)c2nc(S(C)(=O)=O)ncc12)(C(C)C)C(C)C. The van der Waals surface area contributed by atoms with Gasteiger partial charge in [0.1, 0.15) is 13.7 Å². The molecule has 3 rings (SSSR count). The number of hydrogen-bond donors (Lipinski definition) is 0. The Bertz CT molecular complexity index is 1210. The minimum Gasteiger partial charge on any atom is -0.379 e. The highest BCUT2D eigenvalue weighted by atomic mass is 32.2. The van der Waals surface area contributed by atoms with Gasteiger partial charge in [-0.25, -0.2) is 13.4 Å². The number of rotatable bonds is 5. The summed E-state index contributed by atoms with van der Waals surface area (Å²) in [6.45, 7) is 14.4. The molecule has 1 atom stereocenters. The number of fused-ring (bicyclic) bond motifs is 1. The molecule has 1 fully saturated rings. The summed E-state index contributed by atoms with van der Waals surface area (Å²) in [5.41, 5.74) is 5.60. The maximum atomic E-state index is 13.2. The lowest BCUT2D eigenvalue weighted by atomic mass is 10.1. The minimum atomic E-state index is -3.63. The zero-order valence-electron chi connectivity index (χ0n) is 20.0. The van der Waals surface area contributed by atoms with E-state index in [1.54, 1.807) is 4.57 Å². The molecule has 0 aliphatic carbocycles. The molecule has 1 aliphatic rings. The van der Waals surface area contributed by atoms with E-state index in [9.17, 15) is 13.2 Å². The molecule has 2 aromatic heterocycles. The summed E-state index contributed by atoms with van der Waals surface area (Å²) in [4.78, 5) is 21.6. The Hall–Kier alpha value is -2.02. The molecular formula is C23H33N3O4SSi. The standard InChI is InChI=1S/C23H33N3O4SSi/c1-15(2)32(16(3)4,17(5)6)11-9-18-12-21(27)26(19-8-10-30-14-19)22-20(18)13-24-23(25-22)31(7,28)29/h12-13,15-17,19H,8,10,14H2,1-7H3. The predicted octanol–water partition coefficient (Wildman–Crippen LogP) is 3.73. The van der Waals surface area contributed by atoms with Crippen molar-refractivity contribution in [2.75, 3.05) is 19.5 Å². The van der Waals surface area contributed by atoms with Gasteiger partial charge >= 0.3 is 0 Å². The smallest absolute Gasteiger partial charge is 0.253 e. The Morgan fingerprint density at radius 1 is 1.16 bits per heavy atom. The lowest BCUT2D eigenvalue weighted by molar-refractivity contribution is 0.186. The Kier molecular flexibility index (Phi) is 6.99. The van der Waals surface area contributed by atoms with Gasteiger partial charge in [-0.2, -0.15) is 4.98 Å². The highest BCUT2D eigenvalue weighted by Crippen LogP contribution is 2.40. The fraction of sp³-hybridized carbons (Fsp3) is 0.609. The number of hydrogen-bond acceptors (Lipinski definition) is 6. The van der Waals surface area contributed by atoms with E-state index < -0.39 is 17.9 Å². The third-order valence-corrected chi connectivity index (χ3v) is 13.8. The quantitative estimate of drug-likeness (QED) is 0.372. The maximum absolute atomic E-state index is 13.2. The van der Waals surface area contributed by atoms with E-state index in [0.717, 1.165) is 6.26 Å². The van der Waals surface area contributed by atoms with E-state index in [2.05, 4.69) is 63.0 Å². The second-order valence-electron chi connectivity index (χ2n) is 9.59. The molecular weight excluding hydrogens is 442 g/mol. The number of pyridine rings is 1. The Labute approximate surface area is 191 Å². The zero-order chi connectivity index (χ0) is 23.8. The van der Waals surface area contributed by atoms with Crippen LogP contribution < -0.4 is 5.56 Å². The van der Waals surface area contributed by atoms with E-state index >= 15 is 0 Å². The molecule has 1 saturated heterocycles. The molecule has 3 heterocycles. The zero-order valence-corrected chi connectivity index (χ0v) is 21.8. The van der Waals surface area contributed by atoms with Crippen LogP contribution in [0.2, 0.25) is 16.6 Å². The summed E-state index contributed by atoms with van der Waals surface area (Å²) >= 11 is 0. The number of aromatic nitrogens is 3. The first-order valence-corrected chi connectivity index (χ1v) is 15.2. The van der Waals surface area contributed by atoms with Crippen LogP contribution in [0.5, 0.6) is 0 Å². The Morgan fingerprint density at radius 3 is 2.28 bits per heavy atom. The second kappa shape index (κ2) is 9.08. The first-order valence-electron chi connectivity index (χ1n) is 11.1. The molecule has 1 aliphatic heterocycles. The van der Waals surface area contributed by atoms with Gasteiger partial charge in [-0.05, 0) is 23.0 Å². The number of sulfone groups is 1. The first-order chi connectivity index (χ1) is 14.9. The van der Waals surface area contributed by atoms with Crippen LogP contribution in [0.3, 0.4) is 0 Å². The molecule has 0 N–H and O–H groups in total. The van der Waals surface area contributed by atoms with Crippen molar-refractivity contribution in [1.29, 1.82) is 0 Å². The van der Waals surface area contributed by atoms with E-state index in [-0.39, 0.29) is 16.8 Å². The Morgan fingerprint density at radius 2 is 1.78 bits per heavy atom. The summed E-state index contributed by atoms with van der Waals surface area (Å²) < 4.78 is 31.2. The first kappa shape index (κ1) is 24.6.